The van der Waals surface area contributed by atoms with Crippen molar-refractivity contribution < 1.29 is 14.1 Å². The molecule has 5 heterocycles. The Balaban J connectivity index is 1.23. The molecule has 4 saturated heterocycles. The van der Waals surface area contributed by atoms with E-state index in [1.54, 1.807) is 11.0 Å². The first-order valence-corrected chi connectivity index (χ1v) is 10.9. The van der Waals surface area contributed by atoms with Crippen LogP contribution in [0.25, 0.3) is 0 Å². The van der Waals surface area contributed by atoms with E-state index in [9.17, 15) is 9.59 Å². The molecule has 9 heteroatoms. The van der Waals surface area contributed by atoms with Gasteiger partial charge in [0.05, 0.1) is 37.8 Å². The van der Waals surface area contributed by atoms with Gasteiger partial charge in [0.1, 0.15) is 20.0 Å². The second-order valence-corrected chi connectivity index (χ2v) is 9.97. The van der Waals surface area contributed by atoms with Gasteiger partial charge in [0.25, 0.3) is 11.7 Å². The first-order valence-electron chi connectivity index (χ1n) is 9.32. The highest BCUT2D eigenvalue weighted by Gasteiger charge is 2.48. The topological polar surface area (TPSA) is 47.1 Å². The minimum atomic E-state index is -0.406. The predicted octanol–water partition coefficient (Wildman–Crippen LogP) is 2.03. The number of ketones is 1. The maximum atomic E-state index is 12.5. The van der Waals surface area contributed by atoms with Gasteiger partial charge in [-0.3, -0.25) is 14.1 Å². The van der Waals surface area contributed by atoms with E-state index >= 15 is 0 Å². The molecule has 0 aromatic heterocycles. The van der Waals surface area contributed by atoms with Crippen LogP contribution in [0.3, 0.4) is 0 Å². The molecule has 0 spiro atoms. The summed E-state index contributed by atoms with van der Waals surface area (Å²) >= 11 is 6.91. The van der Waals surface area contributed by atoms with Crippen LogP contribution in [0.1, 0.15) is 23.2 Å². The van der Waals surface area contributed by atoms with Crippen LogP contribution in [0.5, 0.6) is 0 Å². The normalized spacial score (nSPS) is 33.9. The van der Waals surface area contributed by atoms with Crippen LogP contribution in [0, 0.1) is 0 Å². The van der Waals surface area contributed by atoms with Crippen molar-refractivity contribution >= 4 is 49.2 Å². The van der Waals surface area contributed by atoms with Gasteiger partial charge in [-0.05, 0) is 40.9 Å². The molecule has 1 aromatic rings. The van der Waals surface area contributed by atoms with Gasteiger partial charge in [0.15, 0.2) is 0 Å². The minimum absolute atomic E-state index is 0.405. The Kier molecular flexibility index (Phi) is 4.45. The van der Waals surface area contributed by atoms with Crippen LogP contribution in [0.2, 0.25) is 0 Å². The number of amides is 1. The van der Waals surface area contributed by atoms with Crippen molar-refractivity contribution in [1.29, 1.82) is 0 Å². The molecule has 4 fully saturated rings. The fourth-order valence-corrected chi connectivity index (χ4v) is 6.59. The van der Waals surface area contributed by atoms with E-state index in [4.69, 9.17) is 0 Å². The summed E-state index contributed by atoms with van der Waals surface area (Å²) in [6.07, 6.45) is 1.96. The van der Waals surface area contributed by atoms with E-state index in [0.29, 0.717) is 12.1 Å². The molecule has 1 aromatic carbocycles. The second kappa shape index (κ2) is 6.60. The third-order valence-corrected chi connectivity index (χ3v) is 7.01. The Hall–Kier alpha value is -0.840. The fourth-order valence-electron chi connectivity index (χ4n) is 5.15. The van der Waals surface area contributed by atoms with E-state index in [1.807, 2.05) is 6.07 Å². The smallest absolute Gasteiger partial charge is 0.299 e. The molecule has 0 unspecified atom stereocenters. The summed E-state index contributed by atoms with van der Waals surface area (Å²) in [5.74, 6) is -0.811. The number of benzene rings is 1. The van der Waals surface area contributed by atoms with Gasteiger partial charge in [-0.2, -0.15) is 0 Å². The SMILES string of the molecule is O=C1C(=O)N(CCCC[N+]23CN4CN(CN(C4)C2)C3)c2c(Br)cc(Br)cc21. The van der Waals surface area contributed by atoms with Gasteiger partial charge in [-0.1, -0.05) is 15.9 Å². The first kappa shape index (κ1) is 18.2. The van der Waals surface area contributed by atoms with Gasteiger partial charge in [-0.25, -0.2) is 14.7 Å². The van der Waals surface area contributed by atoms with Crippen LogP contribution in [-0.2, 0) is 4.79 Å². The largest absolute Gasteiger partial charge is 0.304 e. The Labute approximate surface area is 175 Å². The molecular weight excluding hydrogens is 478 g/mol. The predicted molar refractivity (Wildman–Crippen MR) is 108 cm³/mol. The number of fused-ring (bicyclic) bond motifs is 1. The molecule has 0 radical (unpaired) electrons. The molecule has 1 amide bonds. The van der Waals surface area contributed by atoms with E-state index in [2.05, 4.69) is 46.6 Å². The zero-order valence-electron chi connectivity index (χ0n) is 15.0. The fraction of sp³-hybridized carbons (Fsp3) is 0.556. The number of unbranched alkanes of at least 4 members (excludes halogenated alkanes) is 1. The lowest BCUT2D eigenvalue weighted by molar-refractivity contribution is -0.980. The third-order valence-electron chi connectivity index (χ3n) is 5.95. The number of nitrogens with zero attached hydrogens (tertiary/aromatic N) is 5. The molecule has 4 bridgehead atoms. The number of hydrogen-bond acceptors (Lipinski definition) is 5. The van der Waals surface area contributed by atoms with Crippen molar-refractivity contribution in [2.24, 2.45) is 0 Å². The third kappa shape index (κ3) is 3.08. The molecule has 0 aliphatic carbocycles. The van der Waals surface area contributed by atoms with E-state index in [0.717, 1.165) is 78.5 Å². The van der Waals surface area contributed by atoms with Crippen molar-refractivity contribution in [3.63, 3.8) is 0 Å². The van der Waals surface area contributed by atoms with Crippen molar-refractivity contribution in [2.75, 3.05) is 58.0 Å². The molecule has 0 saturated carbocycles. The van der Waals surface area contributed by atoms with Crippen molar-refractivity contribution in [1.82, 2.24) is 14.7 Å². The number of rotatable bonds is 5. The summed E-state index contributed by atoms with van der Waals surface area (Å²) in [4.78, 5) is 34.0. The highest BCUT2D eigenvalue weighted by Crippen LogP contribution is 2.38. The summed E-state index contributed by atoms with van der Waals surface area (Å²) < 4.78 is 2.70. The van der Waals surface area contributed by atoms with Crippen LogP contribution >= 0.6 is 31.9 Å². The van der Waals surface area contributed by atoms with Gasteiger partial charge in [-0.15, -0.1) is 0 Å². The lowest BCUT2D eigenvalue weighted by Crippen LogP contribution is -2.79. The number of anilines is 1. The monoisotopic (exact) mass is 498 g/mol. The Bertz CT molecular complexity index is 795. The average molecular weight is 500 g/mol. The average Bonchev–Trinajstić information content (AvgIpc) is 2.82. The van der Waals surface area contributed by atoms with Gasteiger partial charge in [0, 0.05) is 15.5 Å². The highest BCUT2D eigenvalue weighted by molar-refractivity contribution is 9.11. The van der Waals surface area contributed by atoms with Crippen LogP contribution < -0.4 is 4.90 Å². The second-order valence-electron chi connectivity index (χ2n) is 8.20. The number of quaternary nitrogens is 1. The Morgan fingerprint density at radius 2 is 1.56 bits per heavy atom. The van der Waals surface area contributed by atoms with E-state index < -0.39 is 11.7 Å². The number of carbonyl (C=O) groups excluding carboxylic acids is 2. The zero-order valence-corrected chi connectivity index (χ0v) is 18.2. The first-order chi connectivity index (χ1) is 12.9. The summed E-state index contributed by atoms with van der Waals surface area (Å²) in [7, 11) is 0. The zero-order chi connectivity index (χ0) is 18.8. The molecule has 7 nitrogen and oxygen atoms in total. The van der Waals surface area contributed by atoms with Gasteiger partial charge in [0.2, 0.25) is 0 Å². The Morgan fingerprint density at radius 1 is 0.926 bits per heavy atom. The maximum absolute atomic E-state index is 12.5. The summed E-state index contributed by atoms with van der Waals surface area (Å²) in [6.45, 7) is 8.41. The quantitative estimate of drug-likeness (QED) is 0.352. The minimum Gasteiger partial charge on any atom is -0.304 e. The van der Waals surface area contributed by atoms with Crippen molar-refractivity contribution in [3.05, 3.63) is 26.6 Å². The molecule has 144 valence electrons. The van der Waals surface area contributed by atoms with Crippen LogP contribution in [0.15, 0.2) is 21.1 Å². The molecule has 0 N–H and O–H groups in total. The summed E-state index contributed by atoms with van der Waals surface area (Å²) in [5.41, 5.74) is 1.22. The molecular formula is C18H22Br2N5O2+. The number of carbonyl (C=O) groups is 2. The van der Waals surface area contributed by atoms with Crippen LogP contribution in [0.4, 0.5) is 5.69 Å². The molecule has 0 atom stereocenters. The van der Waals surface area contributed by atoms with Gasteiger partial charge >= 0.3 is 0 Å². The lowest BCUT2D eigenvalue weighted by Gasteiger charge is -2.60. The molecule has 6 rings (SSSR count). The van der Waals surface area contributed by atoms with Gasteiger partial charge < -0.3 is 4.90 Å². The van der Waals surface area contributed by atoms with Crippen molar-refractivity contribution in [2.45, 2.75) is 12.8 Å². The Morgan fingerprint density at radius 3 is 2.19 bits per heavy atom. The number of Topliss-reactive ketones (excluding diaryl/α,β-unsaturated/α-hetero) is 1. The van der Waals surface area contributed by atoms with E-state index in [1.165, 1.54) is 0 Å². The maximum Gasteiger partial charge on any atom is 0.299 e. The summed E-state index contributed by atoms with van der Waals surface area (Å²) in [5, 5.41) is 0. The highest BCUT2D eigenvalue weighted by atomic mass is 79.9. The van der Waals surface area contributed by atoms with E-state index in [-0.39, 0.29) is 0 Å². The number of halogens is 2. The standard InChI is InChI=1S/C18H22Br2N5O2/c19-13-5-14-16(15(20)6-13)24(18(27)17(14)26)3-1-2-4-25-10-21-7-22(11-25)9-23(8-21)12-25/h5-6H,1-4,7-12H2/q+1. The van der Waals surface area contributed by atoms with Crippen molar-refractivity contribution in [3.8, 4) is 0 Å². The molecule has 27 heavy (non-hydrogen) atoms. The van der Waals surface area contributed by atoms with Crippen LogP contribution in [-0.4, -0.2) is 84.0 Å². The summed E-state index contributed by atoms with van der Waals surface area (Å²) in [6, 6.07) is 3.63. The molecule has 5 aliphatic heterocycles. The molecule has 5 aliphatic rings. The number of hydrogen-bond donors (Lipinski definition) is 0. The lowest BCUT2D eigenvalue weighted by atomic mass is 10.1.